The van der Waals surface area contributed by atoms with Crippen molar-refractivity contribution in [2.24, 2.45) is 11.8 Å². The molecule has 1 fully saturated rings. The molecule has 21 heavy (non-hydrogen) atoms. The van der Waals surface area contributed by atoms with Crippen molar-refractivity contribution in [3.8, 4) is 5.75 Å². The second-order valence-corrected chi connectivity index (χ2v) is 5.72. The summed E-state index contributed by atoms with van der Waals surface area (Å²) < 4.78 is 5.47. The number of aliphatic hydroxyl groups is 1. The Bertz CT molecular complexity index is 444. The monoisotopic (exact) mass is 291 g/mol. The summed E-state index contributed by atoms with van der Waals surface area (Å²) in [5.74, 6) is 1.37. The van der Waals surface area contributed by atoms with Gasteiger partial charge in [-0.1, -0.05) is 25.5 Å². The minimum Gasteiger partial charge on any atom is -0.484 e. The van der Waals surface area contributed by atoms with Crippen LogP contribution in [0.4, 0.5) is 0 Å². The van der Waals surface area contributed by atoms with Crippen molar-refractivity contribution in [1.29, 1.82) is 0 Å². The zero-order chi connectivity index (χ0) is 15.1. The van der Waals surface area contributed by atoms with Crippen LogP contribution in [0.1, 0.15) is 31.7 Å². The van der Waals surface area contributed by atoms with Crippen molar-refractivity contribution in [3.63, 3.8) is 0 Å². The molecule has 1 aliphatic carbocycles. The van der Waals surface area contributed by atoms with E-state index in [1.807, 2.05) is 24.3 Å². The van der Waals surface area contributed by atoms with Crippen molar-refractivity contribution in [2.45, 2.75) is 32.6 Å². The lowest BCUT2D eigenvalue weighted by Crippen LogP contribution is -2.34. The van der Waals surface area contributed by atoms with Gasteiger partial charge >= 0.3 is 0 Å². The summed E-state index contributed by atoms with van der Waals surface area (Å²) in [5.41, 5.74) is 1.25. The van der Waals surface area contributed by atoms with Gasteiger partial charge < -0.3 is 15.2 Å². The number of rotatable bonds is 7. The number of carbonyl (C=O) groups is 1. The van der Waals surface area contributed by atoms with E-state index >= 15 is 0 Å². The number of amides is 1. The molecular formula is C17H25NO3. The van der Waals surface area contributed by atoms with Crippen LogP contribution in [0.2, 0.25) is 0 Å². The van der Waals surface area contributed by atoms with Crippen molar-refractivity contribution in [2.75, 3.05) is 19.8 Å². The molecule has 1 aromatic rings. The maximum Gasteiger partial charge on any atom is 0.257 e. The summed E-state index contributed by atoms with van der Waals surface area (Å²) in [5, 5.41) is 12.2. The highest BCUT2D eigenvalue weighted by Gasteiger charge is 2.26. The summed E-state index contributed by atoms with van der Waals surface area (Å²) in [6.07, 6.45) is 4.29. The molecule has 2 unspecified atom stereocenters. The molecular weight excluding hydrogens is 266 g/mol. The third kappa shape index (κ3) is 4.74. The van der Waals surface area contributed by atoms with E-state index in [0.29, 0.717) is 18.4 Å². The van der Waals surface area contributed by atoms with Gasteiger partial charge in [-0.3, -0.25) is 4.79 Å². The zero-order valence-electron chi connectivity index (χ0n) is 12.7. The maximum atomic E-state index is 11.8. The van der Waals surface area contributed by atoms with Gasteiger partial charge in [0.2, 0.25) is 0 Å². The van der Waals surface area contributed by atoms with E-state index in [0.717, 1.165) is 31.4 Å². The first-order valence-corrected chi connectivity index (χ1v) is 7.82. The van der Waals surface area contributed by atoms with Crippen molar-refractivity contribution in [3.05, 3.63) is 29.8 Å². The summed E-state index contributed by atoms with van der Waals surface area (Å²) in [6, 6.07) is 7.81. The minimum atomic E-state index is -0.0989. The highest BCUT2D eigenvalue weighted by atomic mass is 16.5. The topological polar surface area (TPSA) is 58.6 Å². The number of aliphatic hydroxyl groups excluding tert-OH is 1. The van der Waals surface area contributed by atoms with Gasteiger partial charge in [-0.05, 0) is 48.8 Å². The fourth-order valence-electron chi connectivity index (χ4n) is 2.89. The number of ether oxygens (including phenoxy) is 1. The van der Waals surface area contributed by atoms with E-state index in [2.05, 4.69) is 12.2 Å². The molecule has 1 aromatic carbocycles. The van der Waals surface area contributed by atoms with Gasteiger partial charge in [0.05, 0.1) is 0 Å². The summed E-state index contributed by atoms with van der Waals surface area (Å²) in [6.45, 7) is 3.01. The number of benzene rings is 1. The second kappa shape index (κ2) is 8.03. The molecule has 2 rings (SSSR count). The fraction of sp³-hybridized carbons (Fsp3) is 0.588. The zero-order valence-corrected chi connectivity index (χ0v) is 12.7. The van der Waals surface area contributed by atoms with Crippen LogP contribution in [-0.2, 0) is 11.2 Å². The van der Waals surface area contributed by atoms with E-state index in [1.165, 1.54) is 5.56 Å². The van der Waals surface area contributed by atoms with Crippen molar-refractivity contribution < 1.29 is 14.6 Å². The maximum absolute atomic E-state index is 11.8. The number of nitrogens with one attached hydrogen (secondary N) is 1. The Hall–Kier alpha value is -1.55. The third-order valence-electron chi connectivity index (χ3n) is 4.31. The molecule has 2 atom stereocenters. The third-order valence-corrected chi connectivity index (χ3v) is 4.31. The second-order valence-electron chi connectivity index (χ2n) is 5.72. The molecule has 1 amide bonds. The molecule has 0 bridgehead atoms. The Morgan fingerprint density at radius 1 is 1.29 bits per heavy atom. The Morgan fingerprint density at radius 3 is 2.67 bits per heavy atom. The average molecular weight is 291 g/mol. The number of hydrogen-bond donors (Lipinski definition) is 2. The molecule has 2 N–H and O–H groups in total. The van der Waals surface area contributed by atoms with E-state index in [-0.39, 0.29) is 19.1 Å². The van der Waals surface area contributed by atoms with E-state index in [1.54, 1.807) is 0 Å². The lowest BCUT2D eigenvalue weighted by Gasteiger charge is -2.17. The molecule has 0 aliphatic heterocycles. The minimum absolute atomic E-state index is 0.0436. The van der Waals surface area contributed by atoms with Crippen LogP contribution in [0.25, 0.3) is 0 Å². The molecule has 4 heteroatoms. The van der Waals surface area contributed by atoms with Crippen LogP contribution >= 0.6 is 0 Å². The van der Waals surface area contributed by atoms with E-state index < -0.39 is 0 Å². The molecule has 0 aromatic heterocycles. The standard InChI is InChI=1S/C17H25NO3/c1-2-13-6-8-16(9-7-13)21-12-17(20)18-10-14-4-3-5-15(14)11-19/h6-9,14-15,19H,2-5,10-12H2,1H3,(H,18,20). The average Bonchev–Trinajstić information content (AvgIpc) is 2.99. The SMILES string of the molecule is CCc1ccc(OCC(=O)NCC2CCCC2CO)cc1. The summed E-state index contributed by atoms with van der Waals surface area (Å²) in [7, 11) is 0. The van der Waals surface area contributed by atoms with Crippen molar-refractivity contribution in [1.82, 2.24) is 5.32 Å². The quantitative estimate of drug-likeness (QED) is 0.809. The molecule has 0 radical (unpaired) electrons. The Morgan fingerprint density at radius 2 is 2.00 bits per heavy atom. The lowest BCUT2D eigenvalue weighted by atomic mass is 9.97. The highest BCUT2D eigenvalue weighted by molar-refractivity contribution is 5.77. The largest absolute Gasteiger partial charge is 0.484 e. The van der Waals surface area contributed by atoms with Crippen LogP contribution in [0, 0.1) is 11.8 Å². The first-order valence-electron chi connectivity index (χ1n) is 7.82. The van der Waals surface area contributed by atoms with Crippen LogP contribution in [0.15, 0.2) is 24.3 Å². The molecule has 0 saturated heterocycles. The van der Waals surface area contributed by atoms with Crippen LogP contribution in [0.5, 0.6) is 5.75 Å². The molecule has 4 nitrogen and oxygen atoms in total. The highest BCUT2D eigenvalue weighted by Crippen LogP contribution is 2.30. The van der Waals surface area contributed by atoms with Gasteiger partial charge in [0.25, 0.3) is 5.91 Å². The molecule has 1 aliphatic rings. The molecule has 1 saturated carbocycles. The van der Waals surface area contributed by atoms with E-state index in [9.17, 15) is 9.90 Å². The predicted molar refractivity (Wildman–Crippen MR) is 82.2 cm³/mol. The smallest absolute Gasteiger partial charge is 0.257 e. The van der Waals surface area contributed by atoms with E-state index in [4.69, 9.17) is 4.74 Å². The van der Waals surface area contributed by atoms with Crippen molar-refractivity contribution >= 4 is 5.91 Å². The first-order chi connectivity index (χ1) is 10.2. The fourth-order valence-corrected chi connectivity index (χ4v) is 2.89. The van der Waals surface area contributed by atoms with Crippen LogP contribution in [0.3, 0.4) is 0 Å². The Balaban J connectivity index is 1.69. The number of carbonyl (C=O) groups excluding carboxylic acids is 1. The molecule has 116 valence electrons. The van der Waals surface area contributed by atoms with Gasteiger partial charge in [-0.25, -0.2) is 0 Å². The van der Waals surface area contributed by atoms with Gasteiger partial charge in [-0.15, -0.1) is 0 Å². The van der Waals surface area contributed by atoms with Gasteiger partial charge in [0.15, 0.2) is 6.61 Å². The predicted octanol–water partition coefficient (Wildman–Crippen LogP) is 2.15. The molecule has 0 heterocycles. The van der Waals surface area contributed by atoms with Gasteiger partial charge in [0.1, 0.15) is 5.75 Å². The Labute approximate surface area is 126 Å². The van der Waals surface area contributed by atoms with Crippen LogP contribution < -0.4 is 10.1 Å². The summed E-state index contributed by atoms with van der Waals surface area (Å²) in [4.78, 5) is 11.8. The van der Waals surface area contributed by atoms with Crippen LogP contribution in [-0.4, -0.2) is 30.8 Å². The normalized spacial score (nSPS) is 21.2. The Kier molecular flexibility index (Phi) is 6.05. The van der Waals surface area contributed by atoms with Gasteiger partial charge in [-0.2, -0.15) is 0 Å². The lowest BCUT2D eigenvalue weighted by molar-refractivity contribution is -0.123. The summed E-state index contributed by atoms with van der Waals surface area (Å²) >= 11 is 0. The first kappa shape index (κ1) is 15.8. The van der Waals surface area contributed by atoms with Gasteiger partial charge in [0, 0.05) is 13.2 Å². The number of hydrogen-bond acceptors (Lipinski definition) is 3. The number of aryl methyl sites for hydroxylation is 1. The molecule has 0 spiro atoms.